The van der Waals surface area contributed by atoms with Gasteiger partial charge in [0.1, 0.15) is 5.71 Å². The van der Waals surface area contributed by atoms with Crippen molar-refractivity contribution in [2.75, 3.05) is 7.05 Å². The minimum absolute atomic E-state index is 0.342. The van der Waals surface area contributed by atoms with Crippen molar-refractivity contribution in [1.29, 1.82) is 0 Å². The maximum atomic E-state index is 13.7. The molecular formula is C16H10Cl2F5N. The SMILES string of the molecule is CN=C(c1c(Cl)cc(-c2ccccc2)cc1Cl)C(F)(F)C(F)(F)F. The molecule has 0 saturated carbocycles. The number of benzene rings is 2. The Labute approximate surface area is 144 Å². The topological polar surface area (TPSA) is 12.4 Å². The van der Waals surface area contributed by atoms with Crippen LogP contribution in [0.15, 0.2) is 47.5 Å². The Balaban J connectivity index is 2.60. The predicted molar refractivity (Wildman–Crippen MR) is 85.4 cm³/mol. The van der Waals surface area contributed by atoms with Gasteiger partial charge in [0.25, 0.3) is 0 Å². The maximum absolute atomic E-state index is 13.7. The molecule has 0 aliphatic rings. The summed E-state index contributed by atoms with van der Waals surface area (Å²) in [5.41, 5.74) is -0.988. The number of alkyl halides is 5. The van der Waals surface area contributed by atoms with Crippen LogP contribution in [0, 0.1) is 0 Å². The van der Waals surface area contributed by atoms with Crippen LogP contribution >= 0.6 is 23.2 Å². The zero-order valence-electron chi connectivity index (χ0n) is 12.1. The number of hydrogen-bond donors (Lipinski definition) is 0. The van der Waals surface area contributed by atoms with Crippen LogP contribution in [0.5, 0.6) is 0 Å². The summed E-state index contributed by atoms with van der Waals surface area (Å²) >= 11 is 11.9. The zero-order valence-corrected chi connectivity index (χ0v) is 13.6. The van der Waals surface area contributed by atoms with Gasteiger partial charge in [-0.1, -0.05) is 53.5 Å². The summed E-state index contributed by atoms with van der Waals surface area (Å²) in [4.78, 5) is 3.10. The number of halogens is 7. The van der Waals surface area contributed by atoms with Gasteiger partial charge in [0, 0.05) is 12.6 Å². The molecule has 2 aromatic carbocycles. The highest BCUT2D eigenvalue weighted by molar-refractivity contribution is 6.41. The fourth-order valence-electron chi connectivity index (χ4n) is 2.14. The molecule has 0 radical (unpaired) electrons. The van der Waals surface area contributed by atoms with Crippen LogP contribution in [-0.4, -0.2) is 24.9 Å². The van der Waals surface area contributed by atoms with E-state index in [4.69, 9.17) is 23.2 Å². The van der Waals surface area contributed by atoms with E-state index in [0.29, 0.717) is 11.1 Å². The summed E-state index contributed by atoms with van der Waals surface area (Å²) in [6, 6.07) is 11.2. The van der Waals surface area contributed by atoms with Gasteiger partial charge < -0.3 is 0 Å². The minimum atomic E-state index is -5.81. The first-order chi connectivity index (χ1) is 11.1. The Morgan fingerprint density at radius 2 is 1.38 bits per heavy atom. The number of nitrogens with zero attached hydrogens (tertiary/aromatic N) is 1. The van der Waals surface area contributed by atoms with Crippen molar-refractivity contribution in [2.24, 2.45) is 4.99 Å². The fraction of sp³-hybridized carbons (Fsp3) is 0.188. The Hall–Kier alpha value is -1.66. The smallest absolute Gasteiger partial charge is 0.286 e. The van der Waals surface area contributed by atoms with E-state index in [1.807, 2.05) is 0 Å². The lowest BCUT2D eigenvalue weighted by molar-refractivity contribution is -0.248. The van der Waals surface area contributed by atoms with Crippen molar-refractivity contribution >= 4 is 28.9 Å². The van der Waals surface area contributed by atoms with Gasteiger partial charge in [0.2, 0.25) is 0 Å². The molecule has 0 N–H and O–H groups in total. The van der Waals surface area contributed by atoms with Crippen LogP contribution in [-0.2, 0) is 0 Å². The predicted octanol–water partition coefficient (Wildman–Crippen LogP) is 6.28. The van der Waals surface area contributed by atoms with E-state index >= 15 is 0 Å². The van der Waals surface area contributed by atoms with Gasteiger partial charge in [0.05, 0.1) is 10.0 Å². The molecular weight excluding hydrogens is 372 g/mol. The van der Waals surface area contributed by atoms with E-state index in [-0.39, 0.29) is 10.0 Å². The lowest BCUT2D eigenvalue weighted by atomic mass is 9.99. The molecule has 0 atom stereocenters. The molecule has 8 heteroatoms. The van der Waals surface area contributed by atoms with E-state index < -0.39 is 23.4 Å². The second-order valence-electron chi connectivity index (χ2n) is 4.83. The molecule has 0 aromatic heterocycles. The molecule has 1 nitrogen and oxygen atoms in total. The fourth-order valence-corrected chi connectivity index (χ4v) is 2.81. The monoisotopic (exact) mass is 381 g/mol. The minimum Gasteiger partial charge on any atom is -0.286 e. The van der Waals surface area contributed by atoms with Crippen LogP contribution in [0.1, 0.15) is 5.56 Å². The highest BCUT2D eigenvalue weighted by Crippen LogP contribution is 2.42. The first-order valence-electron chi connectivity index (χ1n) is 6.56. The van der Waals surface area contributed by atoms with Gasteiger partial charge in [-0.15, -0.1) is 0 Å². The van der Waals surface area contributed by atoms with Crippen LogP contribution in [0.25, 0.3) is 11.1 Å². The third-order valence-corrected chi connectivity index (χ3v) is 3.86. The van der Waals surface area contributed by atoms with Gasteiger partial charge in [0.15, 0.2) is 0 Å². The van der Waals surface area contributed by atoms with Crippen LogP contribution < -0.4 is 0 Å². The number of aliphatic imine (C=N–C) groups is 1. The summed E-state index contributed by atoms with van der Waals surface area (Å²) in [5, 5.41) is -0.684. The van der Waals surface area contributed by atoms with Crippen molar-refractivity contribution < 1.29 is 22.0 Å². The maximum Gasteiger partial charge on any atom is 0.459 e. The van der Waals surface area contributed by atoms with E-state index in [2.05, 4.69) is 4.99 Å². The van der Waals surface area contributed by atoms with Gasteiger partial charge >= 0.3 is 12.1 Å². The molecule has 2 aromatic rings. The summed E-state index contributed by atoms with van der Waals surface area (Å²) in [7, 11) is 0.826. The lowest BCUT2D eigenvalue weighted by Crippen LogP contribution is -2.44. The average molecular weight is 382 g/mol. The summed E-state index contributed by atoms with van der Waals surface area (Å²) in [6.45, 7) is 0. The van der Waals surface area contributed by atoms with E-state index in [9.17, 15) is 22.0 Å². The van der Waals surface area contributed by atoms with Crippen molar-refractivity contribution in [2.45, 2.75) is 12.1 Å². The highest BCUT2D eigenvalue weighted by Gasteiger charge is 2.61. The Kier molecular flexibility index (Phi) is 5.20. The van der Waals surface area contributed by atoms with Gasteiger partial charge in [-0.05, 0) is 23.3 Å². The Bertz CT molecular complexity index is 747. The van der Waals surface area contributed by atoms with E-state index in [1.165, 1.54) is 12.1 Å². The van der Waals surface area contributed by atoms with E-state index in [0.717, 1.165) is 7.05 Å². The lowest BCUT2D eigenvalue weighted by Gasteiger charge is -2.23. The van der Waals surface area contributed by atoms with E-state index in [1.54, 1.807) is 30.3 Å². The number of hydrogen-bond acceptors (Lipinski definition) is 1. The Morgan fingerprint density at radius 1 is 0.875 bits per heavy atom. The van der Waals surface area contributed by atoms with Crippen LogP contribution in [0.2, 0.25) is 10.0 Å². The molecule has 128 valence electrons. The van der Waals surface area contributed by atoms with Gasteiger partial charge in [-0.2, -0.15) is 22.0 Å². The molecule has 0 unspecified atom stereocenters. The summed E-state index contributed by atoms with van der Waals surface area (Å²) in [6.07, 6.45) is -5.81. The average Bonchev–Trinajstić information content (AvgIpc) is 2.50. The normalized spacial score (nSPS) is 13.2. The molecule has 2 rings (SSSR count). The van der Waals surface area contributed by atoms with Crippen molar-refractivity contribution in [1.82, 2.24) is 0 Å². The highest BCUT2D eigenvalue weighted by atomic mass is 35.5. The first kappa shape index (κ1) is 18.7. The van der Waals surface area contributed by atoms with Crippen molar-refractivity contribution in [3.05, 3.63) is 58.1 Å². The quantitative estimate of drug-likeness (QED) is 0.438. The van der Waals surface area contributed by atoms with Crippen LogP contribution in [0.3, 0.4) is 0 Å². The second kappa shape index (κ2) is 6.69. The molecule has 0 heterocycles. The van der Waals surface area contributed by atoms with Crippen LogP contribution in [0.4, 0.5) is 22.0 Å². The second-order valence-corrected chi connectivity index (χ2v) is 5.64. The Morgan fingerprint density at radius 3 is 1.79 bits per heavy atom. The largest absolute Gasteiger partial charge is 0.459 e. The molecule has 0 bridgehead atoms. The molecule has 0 aliphatic carbocycles. The zero-order chi connectivity index (χ0) is 18.1. The number of rotatable bonds is 3. The standard InChI is InChI=1S/C16H10Cl2F5N/c1-24-14(15(19,20)16(21,22)23)13-11(17)7-10(8-12(13)18)9-5-3-2-4-6-9/h2-8H,1H3. The van der Waals surface area contributed by atoms with Crippen molar-refractivity contribution in [3.63, 3.8) is 0 Å². The molecule has 0 fully saturated rings. The summed E-state index contributed by atoms with van der Waals surface area (Å²) in [5.74, 6) is -5.18. The van der Waals surface area contributed by atoms with Gasteiger partial charge in [-0.25, -0.2) is 0 Å². The third-order valence-electron chi connectivity index (χ3n) is 3.26. The molecule has 0 saturated heterocycles. The van der Waals surface area contributed by atoms with Gasteiger partial charge in [-0.3, -0.25) is 4.99 Å². The van der Waals surface area contributed by atoms with Crippen molar-refractivity contribution in [3.8, 4) is 11.1 Å². The first-order valence-corrected chi connectivity index (χ1v) is 7.32. The third kappa shape index (κ3) is 3.39. The summed E-state index contributed by atoms with van der Waals surface area (Å²) < 4.78 is 65.3. The molecule has 24 heavy (non-hydrogen) atoms. The molecule has 0 amide bonds. The molecule has 0 spiro atoms. The molecule has 0 aliphatic heterocycles.